The molecule has 4 rings (SSSR count). The Labute approximate surface area is 246 Å². The summed E-state index contributed by atoms with van der Waals surface area (Å²) < 4.78 is 11.5. The van der Waals surface area contributed by atoms with Gasteiger partial charge in [0.2, 0.25) is 0 Å². The van der Waals surface area contributed by atoms with Gasteiger partial charge in [0.05, 0.1) is 5.02 Å². The number of rotatable bonds is 9. The molecule has 0 atom stereocenters. The van der Waals surface area contributed by atoms with Gasteiger partial charge in [-0.05, 0) is 77.9 Å². The zero-order valence-electron chi connectivity index (χ0n) is 20.3. The number of amides is 1. The molecule has 0 radical (unpaired) electrons. The zero-order valence-corrected chi connectivity index (χ0v) is 23.3. The molecule has 0 heterocycles. The lowest BCUT2D eigenvalue weighted by atomic mass is 10.1. The monoisotopic (exact) mass is 596 g/mol. The van der Waals surface area contributed by atoms with Crippen molar-refractivity contribution in [2.75, 3.05) is 5.32 Å². The molecule has 0 fully saturated rings. The Kier molecular flexibility index (Phi) is 9.75. The van der Waals surface area contributed by atoms with Crippen LogP contribution in [0.1, 0.15) is 16.7 Å². The molecule has 0 saturated heterocycles. The van der Waals surface area contributed by atoms with Crippen molar-refractivity contribution in [3.05, 3.63) is 127 Å². The molecule has 0 aliphatic rings. The molecule has 9 heteroatoms. The van der Waals surface area contributed by atoms with Crippen molar-refractivity contribution in [1.82, 2.24) is 0 Å². The molecule has 1 amide bonds. The largest absolute Gasteiger partial charge is 0.489 e. The topological polar surface area (TPSA) is 71.3 Å². The smallest absolute Gasteiger partial charge is 0.266 e. The number of halogens is 4. The number of nitrogens with one attached hydrogen (secondary N) is 1. The summed E-state index contributed by atoms with van der Waals surface area (Å²) in [7, 11) is 0. The lowest BCUT2D eigenvalue weighted by Crippen LogP contribution is -2.13. The lowest BCUT2D eigenvalue weighted by molar-refractivity contribution is -0.112. The van der Waals surface area contributed by atoms with Crippen molar-refractivity contribution in [1.29, 1.82) is 5.26 Å². The first-order valence-corrected chi connectivity index (χ1v) is 13.1. The number of carbonyl (C=O) groups excluding carboxylic acids is 1. The van der Waals surface area contributed by atoms with E-state index in [0.717, 1.165) is 11.1 Å². The Balaban J connectivity index is 1.35. The number of benzene rings is 4. The molecule has 0 spiro atoms. The Morgan fingerprint density at radius 1 is 0.795 bits per heavy atom. The highest BCUT2D eigenvalue weighted by atomic mass is 35.5. The molecule has 0 aromatic heterocycles. The van der Waals surface area contributed by atoms with E-state index in [2.05, 4.69) is 5.32 Å². The Bertz CT molecular complexity index is 1550. The predicted molar refractivity (Wildman–Crippen MR) is 157 cm³/mol. The van der Waals surface area contributed by atoms with Crippen LogP contribution in [0.15, 0.2) is 90.5 Å². The van der Waals surface area contributed by atoms with Crippen molar-refractivity contribution in [3.63, 3.8) is 0 Å². The first kappa shape index (κ1) is 28.4. The summed E-state index contributed by atoms with van der Waals surface area (Å²) in [4.78, 5) is 12.7. The van der Waals surface area contributed by atoms with Crippen LogP contribution in [0.3, 0.4) is 0 Å². The maximum atomic E-state index is 12.7. The van der Waals surface area contributed by atoms with Gasteiger partial charge >= 0.3 is 0 Å². The summed E-state index contributed by atoms with van der Waals surface area (Å²) in [5, 5.41) is 14.3. The molecule has 0 bridgehead atoms. The molecular weight excluding hydrogens is 578 g/mol. The summed E-state index contributed by atoms with van der Waals surface area (Å²) in [6.45, 7) is 0.577. The number of nitrogens with zero attached hydrogens (tertiary/aromatic N) is 1. The van der Waals surface area contributed by atoms with Gasteiger partial charge in [-0.15, -0.1) is 0 Å². The van der Waals surface area contributed by atoms with E-state index >= 15 is 0 Å². The normalized spacial score (nSPS) is 11.0. The highest BCUT2D eigenvalue weighted by Gasteiger charge is 2.11. The van der Waals surface area contributed by atoms with E-state index < -0.39 is 5.91 Å². The minimum atomic E-state index is -0.557. The van der Waals surface area contributed by atoms with E-state index in [1.807, 2.05) is 18.2 Å². The van der Waals surface area contributed by atoms with E-state index in [1.54, 1.807) is 72.8 Å². The molecular formula is C30H20Cl4N2O3. The van der Waals surface area contributed by atoms with Gasteiger partial charge in [0.1, 0.15) is 36.4 Å². The predicted octanol–water partition coefficient (Wildman–Crippen LogP) is 9.00. The van der Waals surface area contributed by atoms with Gasteiger partial charge in [-0.25, -0.2) is 0 Å². The number of ether oxygens (including phenoxy) is 2. The Morgan fingerprint density at radius 2 is 1.51 bits per heavy atom. The van der Waals surface area contributed by atoms with Crippen LogP contribution in [-0.4, -0.2) is 5.91 Å². The second-order valence-corrected chi connectivity index (χ2v) is 9.96. The van der Waals surface area contributed by atoms with Crippen LogP contribution in [-0.2, 0) is 18.0 Å². The van der Waals surface area contributed by atoms with E-state index in [-0.39, 0.29) is 12.2 Å². The van der Waals surface area contributed by atoms with Crippen LogP contribution < -0.4 is 14.8 Å². The summed E-state index contributed by atoms with van der Waals surface area (Å²) in [5.41, 5.74) is 2.73. The average molecular weight is 598 g/mol. The number of hydrogen-bond donors (Lipinski definition) is 1. The van der Waals surface area contributed by atoms with Gasteiger partial charge in [0.25, 0.3) is 5.91 Å². The van der Waals surface area contributed by atoms with Crippen molar-refractivity contribution in [3.8, 4) is 17.6 Å². The summed E-state index contributed by atoms with van der Waals surface area (Å²) in [6.07, 6.45) is 1.46. The molecule has 4 aromatic rings. The quantitative estimate of drug-likeness (QED) is 0.154. The number of carbonyl (C=O) groups is 1. The third kappa shape index (κ3) is 8.16. The SMILES string of the molecule is N#C/C(=C\c1ccc(OCc2ccc(Cl)cc2)c(Cl)c1)C(=O)Nc1ccc(OCc2ccc(Cl)cc2Cl)cc1. The van der Waals surface area contributed by atoms with Gasteiger partial charge < -0.3 is 14.8 Å². The lowest BCUT2D eigenvalue weighted by Gasteiger charge is -2.10. The van der Waals surface area contributed by atoms with Gasteiger partial charge in [-0.2, -0.15) is 5.26 Å². The van der Waals surface area contributed by atoms with E-state index in [4.69, 9.17) is 55.9 Å². The van der Waals surface area contributed by atoms with Gasteiger partial charge in [-0.1, -0.05) is 70.7 Å². The van der Waals surface area contributed by atoms with Crippen LogP contribution in [0.25, 0.3) is 6.08 Å². The fraction of sp³-hybridized carbons (Fsp3) is 0.0667. The molecule has 0 saturated carbocycles. The Hall–Kier alpha value is -3.66. The maximum Gasteiger partial charge on any atom is 0.266 e. The standard InChI is InChI=1S/C30H20Cl4N2O3/c31-23-5-1-19(2-6-23)17-39-29-12-3-20(14-28(29)34)13-22(16-35)30(37)36-25-8-10-26(11-9-25)38-18-21-4-7-24(32)15-27(21)33/h1-15H,17-18H2,(H,36,37)/b22-13+. The molecule has 0 unspecified atom stereocenters. The minimum absolute atomic E-state index is 0.0846. The number of nitriles is 1. The van der Waals surface area contributed by atoms with Crippen molar-refractivity contribution in [2.45, 2.75) is 13.2 Å². The highest BCUT2D eigenvalue weighted by Crippen LogP contribution is 2.28. The number of anilines is 1. The van der Waals surface area contributed by atoms with Crippen molar-refractivity contribution in [2.24, 2.45) is 0 Å². The van der Waals surface area contributed by atoms with Crippen LogP contribution in [0, 0.1) is 11.3 Å². The first-order valence-electron chi connectivity index (χ1n) is 11.6. The zero-order chi connectivity index (χ0) is 27.8. The second kappa shape index (κ2) is 13.4. The van der Waals surface area contributed by atoms with E-state index in [9.17, 15) is 10.1 Å². The van der Waals surface area contributed by atoms with Crippen LogP contribution in [0.2, 0.25) is 20.1 Å². The summed E-state index contributed by atoms with van der Waals surface area (Å²) >= 11 is 24.4. The second-order valence-electron chi connectivity index (χ2n) is 8.28. The van der Waals surface area contributed by atoms with Gasteiger partial charge in [0.15, 0.2) is 0 Å². The fourth-order valence-electron chi connectivity index (χ4n) is 3.41. The molecule has 39 heavy (non-hydrogen) atoms. The van der Waals surface area contributed by atoms with Crippen LogP contribution >= 0.6 is 46.4 Å². The fourth-order valence-corrected chi connectivity index (χ4v) is 4.25. The van der Waals surface area contributed by atoms with Crippen LogP contribution in [0.4, 0.5) is 5.69 Å². The molecule has 196 valence electrons. The van der Waals surface area contributed by atoms with Crippen molar-refractivity contribution < 1.29 is 14.3 Å². The number of hydrogen-bond acceptors (Lipinski definition) is 4. The van der Waals surface area contributed by atoms with Gasteiger partial charge in [0, 0.05) is 26.3 Å². The summed E-state index contributed by atoms with van der Waals surface area (Å²) in [5.74, 6) is 0.508. The van der Waals surface area contributed by atoms with Crippen LogP contribution in [0.5, 0.6) is 11.5 Å². The molecule has 4 aromatic carbocycles. The molecule has 1 N–H and O–H groups in total. The van der Waals surface area contributed by atoms with Crippen molar-refractivity contribution >= 4 is 64.1 Å². The van der Waals surface area contributed by atoms with E-state index in [0.29, 0.717) is 49.4 Å². The minimum Gasteiger partial charge on any atom is -0.489 e. The molecule has 0 aliphatic carbocycles. The molecule has 5 nitrogen and oxygen atoms in total. The Morgan fingerprint density at radius 3 is 2.18 bits per heavy atom. The first-order chi connectivity index (χ1) is 18.8. The van der Waals surface area contributed by atoms with E-state index in [1.165, 1.54) is 6.08 Å². The third-order valence-corrected chi connectivity index (χ3v) is 6.60. The third-order valence-electron chi connectivity index (χ3n) is 5.46. The van der Waals surface area contributed by atoms with Gasteiger partial charge in [-0.3, -0.25) is 4.79 Å². The summed E-state index contributed by atoms with van der Waals surface area (Å²) in [6, 6.07) is 26.2. The average Bonchev–Trinajstić information content (AvgIpc) is 2.92. The molecule has 0 aliphatic heterocycles. The highest BCUT2D eigenvalue weighted by molar-refractivity contribution is 6.35. The maximum absolute atomic E-state index is 12.7.